The summed E-state index contributed by atoms with van der Waals surface area (Å²) in [4.78, 5) is 4.09. The summed E-state index contributed by atoms with van der Waals surface area (Å²) in [5.41, 5.74) is 2.01. The van der Waals surface area contributed by atoms with E-state index in [4.69, 9.17) is 11.6 Å². The first-order chi connectivity index (χ1) is 9.22. The molecule has 2 rings (SSSR count). The van der Waals surface area contributed by atoms with E-state index in [9.17, 15) is 0 Å². The highest BCUT2D eigenvalue weighted by atomic mass is 35.5. The van der Waals surface area contributed by atoms with Gasteiger partial charge in [-0.2, -0.15) is 0 Å². The van der Waals surface area contributed by atoms with Gasteiger partial charge in [0, 0.05) is 18.4 Å². The third-order valence-electron chi connectivity index (χ3n) is 3.14. The molecule has 0 aliphatic heterocycles. The Morgan fingerprint density at radius 1 is 1.42 bits per heavy atom. The van der Waals surface area contributed by atoms with Crippen LogP contribution in [0, 0.1) is 0 Å². The molecule has 0 saturated carbocycles. The van der Waals surface area contributed by atoms with Gasteiger partial charge in [-0.25, -0.2) is 4.98 Å². The molecule has 0 aliphatic rings. The summed E-state index contributed by atoms with van der Waals surface area (Å²) in [5, 5.41) is 4.27. The van der Waals surface area contributed by atoms with Gasteiger partial charge in [-0.3, -0.25) is 0 Å². The molecule has 0 aliphatic carbocycles. The van der Waals surface area contributed by atoms with Crippen LogP contribution in [0.3, 0.4) is 0 Å². The molecule has 3 nitrogen and oxygen atoms in total. The Morgan fingerprint density at radius 2 is 2.26 bits per heavy atom. The highest BCUT2D eigenvalue weighted by molar-refractivity contribution is 6.33. The number of anilines is 1. The van der Waals surface area contributed by atoms with Crippen LogP contribution in [0.15, 0.2) is 36.9 Å². The third kappa shape index (κ3) is 3.51. The Morgan fingerprint density at radius 3 is 2.95 bits per heavy atom. The molecule has 4 heteroatoms. The van der Waals surface area contributed by atoms with Crippen LogP contribution in [-0.2, 0) is 0 Å². The van der Waals surface area contributed by atoms with E-state index in [1.807, 2.05) is 22.9 Å². The Hall–Kier alpha value is -1.48. The van der Waals surface area contributed by atoms with E-state index in [1.54, 1.807) is 12.5 Å². The molecule has 0 saturated heterocycles. The van der Waals surface area contributed by atoms with Gasteiger partial charge >= 0.3 is 0 Å². The topological polar surface area (TPSA) is 29.9 Å². The summed E-state index contributed by atoms with van der Waals surface area (Å²) in [7, 11) is 0. The summed E-state index contributed by atoms with van der Waals surface area (Å²) in [6.07, 6.45) is 9.04. The first kappa shape index (κ1) is 13.9. The summed E-state index contributed by atoms with van der Waals surface area (Å²) >= 11 is 6.32. The van der Waals surface area contributed by atoms with Crippen molar-refractivity contribution in [2.45, 2.75) is 39.2 Å². The highest BCUT2D eigenvalue weighted by Crippen LogP contribution is 2.29. The molecule has 0 bridgehead atoms. The van der Waals surface area contributed by atoms with Crippen LogP contribution in [0.25, 0.3) is 5.69 Å². The number of hydrogen-bond acceptors (Lipinski definition) is 2. The maximum Gasteiger partial charge on any atom is 0.0992 e. The number of hydrogen-bond donors (Lipinski definition) is 1. The fourth-order valence-electron chi connectivity index (χ4n) is 2.13. The normalized spacial score (nSPS) is 12.4. The van der Waals surface area contributed by atoms with Crippen LogP contribution in [-0.4, -0.2) is 15.6 Å². The molecule has 0 radical (unpaired) electrons. The van der Waals surface area contributed by atoms with Gasteiger partial charge in [0.1, 0.15) is 0 Å². The molecule has 1 aromatic carbocycles. The van der Waals surface area contributed by atoms with Crippen LogP contribution < -0.4 is 5.32 Å². The highest BCUT2D eigenvalue weighted by Gasteiger charge is 2.10. The fraction of sp³-hybridized carbons (Fsp3) is 0.400. The van der Waals surface area contributed by atoms with Crippen molar-refractivity contribution in [2.75, 3.05) is 5.32 Å². The number of nitrogens with one attached hydrogen (secondary N) is 1. The molecule has 1 atom stereocenters. The van der Waals surface area contributed by atoms with Gasteiger partial charge in [0.05, 0.1) is 22.7 Å². The molecule has 1 aromatic heterocycles. The van der Waals surface area contributed by atoms with Crippen molar-refractivity contribution in [3.63, 3.8) is 0 Å². The average Bonchev–Trinajstić information content (AvgIpc) is 2.90. The lowest BCUT2D eigenvalue weighted by Gasteiger charge is -2.19. The van der Waals surface area contributed by atoms with E-state index in [0.29, 0.717) is 6.04 Å². The molecule has 1 unspecified atom stereocenters. The van der Waals surface area contributed by atoms with Crippen molar-refractivity contribution < 1.29 is 0 Å². The Balaban J connectivity index is 2.23. The van der Waals surface area contributed by atoms with Crippen LogP contribution in [0.1, 0.15) is 33.1 Å². The monoisotopic (exact) mass is 277 g/mol. The number of para-hydroxylation sites is 1. The van der Waals surface area contributed by atoms with Crippen LogP contribution in [0.5, 0.6) is 0 Å². The predicted octanol–water partition coefficient (Wildman–Crippen LogP) is 4.52. The van der Waals surface area contributed by atoms with Gasteiger partial charge in [0.25, 0.3) is 0 Å². The lowest BCUT2D eigenvalue weighted by molar-refractivity contribution is 0.645. The van der Waals surface area contributed by atoms with Crippen molar-refractivity contribution >= 4 is 17.3 Å². The predicted molar refractivity (Wildman–Crippen MR) is 81.2 cm³/mol. The summed E-state index contributed by atoms with van der Waals surface area (Å²) in [6.45, 7) is 4.41. The van der Waals surface area contributed by atoms with Gasteiger partial charge in [-0.15, -0.1) is 0 Å². The molecule has 2 aromatic rings. The first-order valence-electron chi connectivity index (χ1n) is 6.75. The molecule has 1 N–H and O–H groups in total. The minimum atomic E-state index is 0.431. The molecular formula is C15H20ClN3. The van der Waals surface area contributed by atoms with E-state index in [-0.39, 0.29) is 0 Å². The number of unbranched alkanes of at least 4 members (excludes halogenated alkanes) is 1. The Kier molecular flexibility index (Phi) is 4.86. The Bertz CT molecular complexity index is 508. The zero-order valence-electron chi connectivity index (χ0n) is 11.4. The zero-order chi connectivity index (χ0) is 13.7. The fourth-order valence-corrected chi connectivity index (χ4v) is 2.41. The molecular weight excluding hydrogens is 258 g/mol. The molecule has 0 fully saturated rings. The molecule has 19 heavy (non-hydrogen) atoms. The van der Waals surface area contributed by atoms with Gasteiger partial charge in [-0.05, 0) is 25.5 Å². The van der Waals surface area contributed by atoms with E-state index < -0.39 is 0 Å². The van der Waals surface area contributed by atoms with Crippen molar-refractivity contribution in [2.24, 2.45) is 0 Å². The standard InChI is InChI=1S/C15H20ClN3/c1-3-4-6-12(2)18-14-8-5-7-13(16)15(14)19-10-9-17-11-19/h5,7-12,18H,3-4,6H2,1-2H3. The number of rotatable bonds is 6. The smallest absolute Gasteiger partial charge is 0.0992 e. The second-order valence-corrected chi connectivity index (χ2v) is 5.20. The van der Waals surface area contributed by atoms with Crippen molar-refractivity contribution in [3.8, 4) is 5.69 Å². The van der Waals surface area contributed by atoms with E-state index in [2.05, 4.69) is 30.2 Å². The largest absolute Gasteiger partial charge is 0.381 e. The minimum absolute atomic E-state index is 0.431. The maximum atomic E-state index is 6.32. The number of halogens is 1. The lowest BCUT2D eigenvalue weighted by atomic mass is 10.1. The van der Waals surface area contributed by atoms with E-state index in [1.165, 1.54) is 12.8 Å². The van der Waals surface area contributed by atoms with Crippen LogP contribution >= 0.6 is 11.6 Å². The summed E-state index contributed by atoms with van der Waals surface area (Å²) in [5.74, 6) is 0. The quantitative estimate of drug-likeness (QED) is 0.841. The second kappa shape index (κ2) is 6.62. The molecule has 0 spiro atoms. The van der Waals surface area contributed by atoms with Crippen LogP contribution in [0.2, 0.25) is 5.02 Å². The van der Waals surface area contributed by atoms with Gasteiger partial charge < -0.3 is 9.88 Å². The SMILES string of the molecule is CCCCC(C)Nc1cccc(Cl)c1-n1ccnc1. The number of imidazole rings is 1. The molecule has 0 amide bonds. The van der Waals surface area contributed by atoms with Crippen molar-refractivity contribution in [1.82, 2.24) is 9.55 Å². The van der Waals surface area contributed by atoms with Gasteiger partial charge in [-0.1, -0.05) is 37.4 Å². The van der Waals surface area contributed by atoms with E-state index >= 15 is 0 Å². The van der Waals surface area contributed by atoms with Crippen LogP contribution in [0.4, 0.5) is 5.69 Å². The lowest BCUT2D eigenvalue weighted by Crippen LogP contribution is -2.16. The second-order valence-electron chi connectivity index (χ2n) is 4.79. The van der Waals surface area contributed by atoms with Gasteiger partial charge in [0.2, 0.25) is 0 Å². The number of aromatic nitrogens is 2. The Labute approximate surface area is 119 Å². The first-order valence-corrected chi connectivity index (χ1v) is 7.13. The number of benzene rings is 1. The van der Waals surface area contributed by atoms with Gasteiger partial charge in [0.15, 0.2) is 0 Å². The minimum Gasteiger partial charge on any atom is -0.381 e. The summed E-state index contributed by atoms with van der Waals surface area (Å²) in [6, 6.07) is 6.36. The van der Waals surface area contributed by atoms with Crippen molar-refractivity contribution in [1.29, 1.82) is 0 Å². The summed E-state index contributed by atoms with van der Waals surface area (Å²) < 4.78 is 1.94. The van der Waals surface area contributed by atoms with E-state index in [0.717, 1.165) is 22.8 Å². The maximum absolute atomic E-state index is 6.32. The molecule has 1 heterocycles. The zero-order valence-corrected chi connectivity index (χ0v) is 12.2. The number of nitrogens with zero attached hydrogens (tertiary/aromatic N) is 2. The third-order valence-corrected chi connectivity index (χ3v) is 3.45. The van der Waals surface area contributed by atoms with Crippen molar-refractivity contribution in [3.05, 3.63) is 41.9 Å². The molecule has 102 valence electrons. The average molecular weight is 278 g/mol.